The van der Waals surface area contributed by atoms with E-state index in [4.69, 9.17) is 0 Å². The van der Waals surface area contributed by atoms with Crippen LogP contribution in [0.1, 0.15) is 0 Å². The van der Waals surface area contributed by atoms with Gasteiger partial charge in [0.1, 0.15) is 0 Å². The van der Waals surface area contributed by atoms with Gasteiger partial charge < -0.3 is 0 Å². The quantitative estimate of drug-likeness (QED) is 0.536. The van der Waals surface area contributed by atoms with Crippen molar-refractivity contribution in [2.75, 3.05) is 0 Å². The van der Waals surface area contributed by atoms with E-state index in [2.05, 4.69) is 41.3 Å². The topological polar surface area (TPSA) is 0 Å². The zero-order chi connectivity index (χ0) is 8.67. The molecule has 0 bridgehead atoms. The summed E-state index contributed by atoms with van der Waals surface area (Å²) < 4.78 is 2.99. The van der Waals surface area contributed by atoms with Crippen LogP contribution in [-0.2, 0) is 0 Å². The summed E-state index contributed by atoms with van der Waals surface area (Å²) in [6.07, 6.45) is 0. The van der Waals surface area contributed by atoms with Gasteiger partial charge in [-0.05, 0) is 0 Å². The molecule has 0 saturated carbocycles. The summed E-state index contributed by atoms with van der Waals surface area (Å²) in [5.74, 6) is 0. The van der Waals surface area contributed by atoms with Crippen LogP contribution in [0.2, 0.25) is 0 Å². The van der Waals surface area contributed by atoms with Crippen molar-refractivity contribution in [1.29, 1.82) is 0 Å². The molecule has 0 aliphatic rings. The molecule has 0 aliphatic carbocycles. The minimum atomic E-state index is 0.563. The van der Waals surface area contributed by atoms with Gasteiger partial charge in [-0.25, -0.2) is 0 Å². The van der Waals surface area contributed by atoms with Gasteiger partial charge in [-0.2, -0.15) is 0 Å². The van der Waals surface area contributed by atoms with E-state index in [0.29, 0.717) is 14.5 Å². The molecule has 0 saturated heterocycles. The number of hydrogen-bond donors (Lipinski definition) is 0. The van der Waals surface area contributed by atoms with Gasteiger partial charge >= 0.3 is 86.2 Å². The summed E-state index contributed by atoms with van der Waals surface area (Å²) >= 11 is 2.51. The second-order valence-electron chi connectivity index (χ2n) is 2.91. The third-order valence-corrected chi connectivity index (χ3v) is 5.65. The Morgan fingerprint density at radius 3 is 2.77 bits per heavy atom. The minimum absolute atomic E-state index is 0.563. The fraction of sp³-hybridized carbons (Fsp3) is 0. The fourth-order valence-corrected chi connectivity index (χ4v) is 4.88. The van der Waals surface area contributed by atoms with E-state index in [1.165, 1.54) is 15.5 Å². The predicted octanol–water partition coefficient (Wildman–Crippen LogP) is 3.39. The zero-order valence-corrected chi connectivity index (χ0v) is 9.39. The second kappa shape index (κ2) is 2.91. The fourth-order valence-electron chi connectivity index (χ4n) is 1.52. The Hall–Kier alpha value is -0.691. The molecule has 2 aromatic heterocycles. The number of fused-ring (bicyclic) bond motifs is 3. The molecule has 2 heterocycles. The van der Waals surface area contributed by atoms with Crippen molar-refractivity contribution < 1.29 is 0 Å². The van der Waals surface area contributed by atoms with Crippen LogP contribution in [-0.4, -0.2) is 14.5 Å². The molecule has 0 amide bonds. The van der Waals surface area contributed by atoms with E-state index < -0.39 is 0 Å². The molecule has 0 aliphatic heterocycles. The Balaban J connectivity index is 2.64. The van der Waals surface area contributed by atoms with Gasteiger partial charge in [0.05, 0.1) is 0 Å². The Morgan fingerprint density at radius 2 is 1.77 bits per heavy atom. The van der Waals surface area contributed by atoms with Crippen molar-refractivity contribution in [2.45, 2.75) is 0 Å². The maximum atomic E-state index is 2.28. The molecule has 0 spiro atoms. The van der Waals surface area contributed by atoms with Gasteiger partial charge in [0.25, 0.3) is 0 Å². The summed E-state index contributed by atoms with van der Waals surface area (Å²) in [5.41, 5.74) is 0. The molecule has 0 nitrogen and oxygen atoms in total. The standard InChI is InChI=1S/C11H7SSe/c1-2-6-10-8(4-1)9-5-3-7-13-11(9)12-10/h1-7H/q+1. The van der Waals surface area contributed by atoms with E-state index in [0.717, 1.165) is 0 Å². The summed E-state index contributed by atoms with van der Waals surface area (Å²) in [7, 11) is 0. The van der Waals surface area contributed by atoms with E-state index in [-0.39, 0.29) is 0 Å². The molecule has 13 heavy (non-hydrogen) atoms. The number of benzene rings is 1. The summed E-state index contributed by atoms with van der Waals surface area (Å²) in [5, 5.41) is 2.89. The van der Waals surface area contributed by atoms with Crippen molar-refractivity contribution >= 4 is 44.9 Å². The first-order chi connectivity index (χ1) is 6.45. The first-order valence-electron chi connectivity index (χ1n) is 4.13. The van der Waals surface area contributed by atoms with Crippen molar-refractivity contribution in [3.63, 3.8) is 0 Å². The first-order valence-corrected chi connectivity index (χ1v) is 6.79. The molecular weight excluding hydrogens is 243 g/mol. The molecule has 1 aromatic carbocycles. The van der Waals surface area contributed by atoms with Gasteiger partial charge in [-0.15, -0.1) is 0 Å². The van der Waals surface area contributed by atoms with E-state index >= 15 is 0 Å². The second-order valence-corrected chi connectivity index (χ2v) is 6.47. The van der Waals surface area contributed by atoms with Gasteiger partial charge in [-0.1, -0.05) is 0 Å². The Bertz CT molecular complexity index is 518. The SMILES string of the molecule is c1ccc2c(c1)sc1[se+]cccc12. The van der Waals surface area contributed by atoms with Gasteiger partial charge in [0, 0.05) is 0 Å². The predicted molar refractivity (Wildman–Crippen MR) is 60.7 cm³/mol. The maximum absolute atomic E-state index is 2.28. The zero-order valence-electron chi connectivity index (χ0n) is 6.86. The van der Waals surface area contributed by atoms with Crippen LogP contribution in [0.25, 0.3) is 19.0 Å². The van der Waals surface area contributed by atoms with Crippen LogP contribution in [0, 0.1) is 0 Å². The average Bonchev–Trinajstić information content (AvgIpc) is 2.56. The molecule has 2 heteroatoms. The van der Waals surface area contributed by atoms with Crippen molar-refractivity contribution in [2.24, 2.45) is 0 Å². The van der Waals surface area contributed by atoms with Gasteiger partial charge in [-0.3, -0.25) is 0 Å². The molecular formula is C11H7SSe+. The first kappa shape index (κ1) is 7.69. The molecule has 0 atom stereocenters. The monoisotopic (exact) mass is 251 g/mol. The summed E-state index contributed by atoms with van der Waals surface area (Å²) in [6.45, 7) is 0. The van der Waals surface area contributed by atoms with Crippen LogP contribution in [0.4, 0.5) is 0 Å². The van der Waals surface area contributed by atoms with E-state index in [1.807, 2.05) is 11.3 Å². The Labute approximate surface area is 86.2 Å². The van der Waals surface area contributed by atoms with E-state index in [1.54, 1.807) is 3.57 Å². The Morgan fingerprint density at radius 1 is 0.923 bits per heavy atom. The van der Waals surface area contributed by atoms with E-state index in [9.17, 15) is 0 Å². The normalized spacial score (nSPS) is 11.1. The van der Waals surface area contributed by atoms with Crippen LogP contribution in [0.15, 0.2) is 41.3 Å². The number of thiophene rings is 1. The average molecular weight is 250 g/mol. The van der Waals surface area contributed by atoms with Crippen LogP contribution in [0.3, 0.4) is 0 Å². The molecule has 0 N–H and O–H groups in total. The molecule has 3 rings (SSSR count). The number of hydrogen-bond acceptors (Lipinski definition) is 1. The molecule has 0 radical (unpaired) electrons. The van der Waals surface area contributed by atoms with Crippen molar-refractivity contribution in [1.82, 2.24) is 0 Å². The number of rotatable bonds is 0. The van der Waals surface area contributed by atoms with Crippen LogP contribution >= 0.6 is 11.3 Å². The van der Waals surface area contributed by atoms with Gasteiger partial charge in [0.15, 0.2) is 0 Å². The molecule has 3 aromatic rings. The summed E-state index contributed by atoms with van der Waals surface area (Å²) in [4.78, 5) is 2.28. The van der Waals surface area contributed by atoms with Gasteiger partial charge in [0.2, 0.25) is 0 Å². The Kier molecular flexibility index (Phi) is 1.72. The summed E-state index contributed by atoms with van der Waals surface area (Å²) in [6, 6.07) is 13.1. The third-order valence-electron chi connectivity index (χ3n) is 2.12. The molecule has 0 unspecified atom stereocenters. The van der Waals surface area contributed by atoms with Crippen molar-refractivity contribution in [3.05, 3.63) is 41.3 Å². The molecule has 0 fully saturated rings. The van der Waals surface area contributed by atoms with Crippen molar-refractivity contribution in [3.8, 4) is 0 Å². The van der Waals surface area contributed by atoms with Crippen LogP contribution < -0.4 is 0 Å². The van der Waals surface area contributed by atoms with Crippen LogP contribution in [0.5, 0.6) is 0 Å². The third kappa shape index (κ3) is 1.14. The molecule has 62 valence electrons.